The predicted octanol–water partition coefficient (Wildman–Crippen LogP) is 1.62. The van der Waals surface area contributed by atoms with Gasteiger partial charge in [-0.05, 0) is 22.4 Å². The largest absolute Gasteiger partial charge is 0.375 e. The Morgan fingerprint density at radius 3 is 2.82 bits per heavy atom. The molecule has 0 amide bonds. The van der Waals surface area contributed by atoms with Crippen LogP contribution >= 0.6 is 11.3 Å². The molecule has 1 aliphatic heterocycles. The second kappa shape index (κ2) is 2.59. The third-order valence-corrected chi connectivity index (χ3v) is 2.79. The van der Waals surface area contributed by atoms with Crippen molar-refractivity contribution < 1.29 is 9.47 Å². The van der Waals surface area contributed by atoms with Crippen LogP contribution in [-0.2, 0) is 15.1 Å². The molecule has 1 aromatic heterocycles. The number of ether oxygens (including phenoxy) is 2. The molecule has 1 aliphatic rings. The van der Waals surface area contributed by atoms with E-state index in [0.717, 1.165) is 0 Å². The average molecular weight is 170 g/mol. The Labute approximate surface area is 69.8 Å². The highest BCUT2D eigenvalue weighted by atomic mass is 32.1. The number of hydrogen-bond acceptors (Lipinski definition) is 3. The highest BCUT2D eigenvalue weighted by Gasteiger charge is 2.40. The average Bonchev–Trinajstić information content (AvgIpc) is 2.39. The lowest BCUT2D eigenvalue weighted by Crippen LogP contribution is -2.47. The normalized spacial score (nSPS) is 21.2. The molecule has 1 saturated heterocycles. The summed E-state index contributed by atoms with van der Waals surface area (Å²) in [7, 11) is 1.74. The molecule has 0 unspecified atom stereocenters. The van der Waals surface area contributed by atoms with Crippen LogP contribution in [0.5, 0.6) is 0 Å². The molecule has 1 aromatic rings. The van der Waals surface area contributed by atoms with Crippen LogP contribution in [0.3, 0.4) is 0 Å². The molecular weight excluding hydrogens is 160 g/mol. The zero-order valence-electron chi connectivity index (χ0n) is 6.37. The molecular formula is C8H10O2S. The quantitative estimate of drug-likeness (QED) is 0.671. The molecule has 11 heavy (non-hydrogen) atoms. The minimum Gasteiger partial charge on any atom is -0.375 e. The molecule has 1 fully saturated rings. The summed E-state index contributed by atoms with van der Waals surface area (Å²) in [5.74, 6) is 0. The predicted molar refractivity (Wildman–Crippen MR) is 43.8 cm³/mol. The third kappa shape index (κ3) is 1.00. The first-order chi connectivity index (χ1) is 5.37. The van der Waals surface area contributed by atoms with E-state index in [-0.39, 0.29) is 5.60 Å². The van der Waals surface area contributed by atoms with Crippen molar-refractivity contribution in [1.29, 1.82) is 0 Å². The summed E-state index contributed by atoms with van der Waals surface area (Å²) in [5, 5.41) is 4.18. The Morgan fingerprint density at radius 2 is 2.45 bits per heavy atom. The van der Waals surface area contributed by atoms with Gasteiger partial charge in [0.05, 0.1) is 13.2 Å². The Bertz CT molecular complexity index is 221. The second-order valence-corrected chi connectivity index (χ2v) is 3.48. The van der Waals surface area contributed by atoms with Gasteiger partial charge < -0.3 is 9.47 Å². The van der Waals surface area contributed by atoms with E-state index in [4.69, 9.17) is 9.47 Å². The van der Waals surface area contributed by atoms with Crippen molar-refractivity contribution in [3.63, 3.8) is 0 Å². The van der Waals surface area contributed by atoms with Crippen molar-refractivity contribution in [3.05, 3.63) is 22.4 Å². The molecule has 0 saturated carbocycles. The van der Waals surface area contributed by atoms with Crippen LogP contribution in [0, 0.1) is 0 Å². The fourth-order valence-corrected chi connectivity index (χ4v) is 1.96. The minimum absolute atomic E-state index is 0.125. The summed E-state index contributed by atoms with van der Waals surface area (Å²) >= 11 is 1.70. The molecule has 3 heteroatoms. The van der Waals surface area contributed by atoms with E-state index >= 15 is 0 Å². The molecule has 0 aromatic carbocycles. The fourth-order valence-electron chi connectivity index (χ4n) is 1.21. The number of rotatable bonds is 2. The smallest absolute Gasteiger partial charge is 0.140 e. The summed E-state index contributed by atoms with van der Waals surface area (Å²) in [6.07, 6.45) is 0. The molecule has 0 N–H and O–H groups in total. The van der Waals surface area contributed by atoms with Gasteiger partial charge in [-0.15, -0.1) is 0 Å². The monoisotopic (exact) mass is 170 g/mol. The number of thiophene rings is 1. The SMILES string of the molecule is COC1(c2ccsc2)COC1. The summed E-state index contributed by atoms with van der Waals surface area (Å²) in [6.45, 7) is 1.39. The maximum atomic E-state index is 5.40. The number of methoxy groups -OCH3 is 1. The zero-order chi connectivity index (χ0) is 7.73. The van der Waals surface area contributed by atoms with Gasteiger partial charge in [-0.2, -0.15) is 11.3 Å². The molecule has 0 spiro atoms. The van der Waals surface area contributed by atoms with Crippen LogP contribution < -0.4 is 0 Å². The van der Waals surface area contributed by atoms with Crippen LogP contribution in [0.1, 0.15) is 5.56 Å². The summed E-state index contributed by atoms with van der Waals surface area (Å²) in [5.41, 5.74) is 1.12. The first kappa shape index (κ1) is 7.28. The van der Waals surface area contributed by atoms with Gasteiger partial charge in [-0.3, -0.25) is 0 Å². The first-order valence-corrected chi connectivity index (χ1v) is 4.47. The lowest BCUT2D eigenvalue weighted by atomic mass is 9.95. The maximum Gasteiger partial charge on any atom is 0.140 e. The Balaban J connectivity index is 2.25. The van der Waals surface area contributed by atoms with Crippen LogP contribution in [0.15, 0.2) is 16.8 Å². The number of hydrogen-bond donors (Lipinski definition) is 0. The van der Waals surface area contributed by atoms with Gasteiger partial charge in [0.25, 0.3) is 0 Å². The van der Waals surface area contributed by atoms with Gasteiger partial charge in [-0.25, -0.2) is 0 Å². The lowest BCUT2D eigenvalue weighted by Gasteiger charge is -2.39. The van der Waals surface area contributed by atoms with Crippen molar-refractivity contribution in [1.82, 2.24) is 0 Å². The molecule has 2 nitrogen and oxygen atoms in total. The molecule has 0 aliphatic carbocycles. The van der Waals surface area contributed by atoms with E-state index in [1.165, 1.54) is 5.56 Å². The molecule has 2 heterocycles. The Kier molecular flexibility index (Phi) is 1.71. The molecule has 60 valence electrons. The van der Waals surface area contributed by atoms with Crippen molar-refractivity contribution >= 4 is 11.3 Å². The molecule has 0 radical (unpaired) electrons. The van der Waals surface area contributed by atoms with Gasteiger partial charge in [0.1, 0.15) is 5.60 Å². The molecule has 2 rings (SSSR count). The van der Waals surface area contributed by atoms with E-state index in [0.29, 0.717) is 13.2 Å². The lowest BCUT2D eigenvalue weighted by molar-refractivity contribution is -0.202. The Morgan fingerprint density at radius 1 is 1.64 bits per heavy atom. The summed E-state index contributed by atoms with van der Waals surface area (Å²) in [6, 6.07) is 2.09. The molecule has 0 bridgehead atoms. The topological polar surface area (TPSA) is 18.5 Å². The standard InChI is InChI=1S/C8H10O2S/c1-9-8(5-10-6-8)7-2-3-11-4-7/h2-4H,5-6H2,1H3. The van der Waals surface area contributed by atoms with Crippen molar-refractivity contribution in [2.24, 2.45) is 0 Å². The van der Waals surface area contributed by atoms with E-state index in [2.05, 4.69) is 16.8 Å². The highest BCUT2D eigenvalue weighted by Crippen LogP contribution is 2.33. The fraction of sp³-hybridized carbons (Fsp3) is 0.500. The van der Waals surface area contributed by atoms with Crippen molar-refractivity contribution in [3.8, 4) is 0 Å². The summed E-state index contributed by atoms with van der Waals surface area (Å²) < 4.78 is 10.5. The van der Waals surface area contributed by atoms with E-state index in [1.807, 2.05) is 0 Å². The second-order valence-electron chi connectivity index (χ2n) is 2.70. The van der Waals surface area contributed by atoms with Gasteiger partial charge >= 0.3 is 0 Å². The van der Waals surface area contributed by atoms with Gasteiger partial charge in [0.2, 0.25) is 0 Å². The third-order valence-electron chi connectivity index (χ3n) is 2.11. The van der Waals surface area contributed by atoms with E-state index in [1.54, 1.807) is 18.4 Å². The van der Waals surface area contributed by atoms with Gasteiger partial charge in [0, 0.05) is 7.11 Å². The maximum absolute atomic E-state index is 5.40. The minimum atomic E-state index is -0.125. The van der Waals surface area contributed by atoms with Crippen LogP contribution in [0.4, 0.5) is 0 Å². The van der Waals surface area contributed by atoms with Crippen LogP contribution in [0.25, 0.3) is 0 Å². The molecule has 0 atom stereocenters. The zero-order valence-corrected chi connectivity index (χ0v) is 7.19. The van der Waals surface area contributed by atoms with Crippen LogP contribution in [-0.4, -0.2) is 20.3 Å². The van der Waals surface area contributed by atoms with Crippen LogP contribution in [0.2, 0.25) is 0 Å². The van der Waals surface area contributed by atoms with Gasteiger partial charge in [0.15, 0.2) is 0 Å². The van der Waals surface area contributed by atoms with E-state index in [9.17, 15) is 0 Å². The summed E-state index contributed by atoms with van der Waals surface area (Å²) in [4.78, 5) is 0. The van der Waals surface area contributed by atoms with Crippen molar-refractivity contribution in [2.45, 2.75) is 5.60 Å². The van der Waals surface area contributed by atoms with Gasteiger partial charge in [-0.1, -0.05) is 0 Å². The van der Waals surface area contributed by atoms with E-state index < -0.39 is 0 Å². The Hall–Kier alpha value is -0.380. The first-order valence-electron chi connectivity index (χ1n) is 3.53. The van der Waals surface area contributed by atoms with Crippen molar-refractivity contribution in [2.75, 3.05) is 20.3 Å². The highest BCUT2D eigenvalue weighted by molar-refractivity contribution is 7.08.